The zero-order chi connectivity index (χ0) is 14.1. The van der Waals surface area contributed by atoms with E-state index in [4.69, 9.17) is 0 Å². The summed E-state index contributed by atoms with van der Waals surface area (Å²) < 4.78 is 0. The largest absolute Gasteiger partial charge is 0.296 e. The second-order valence-electron chi connectivity index (χ2n) is 5.19. The first-order valence-corrected chi connectivity index (χ1v) is 6.87. The number of amides is 2. The predicted molar refractivity (Wildman–Crippen MR) is 76.0 cm³/mol. The van der Waals surface area contributed by atoms with Gasteiger partial charge in [-0.15, -0.1) is 0 Å². The van der Waals surface area contributed by atoms with E-state index < -0.39 is 0 Å². The lowest BCUT2D eigenvalue weighted by Crippen LogP contribution is -2.44. The molecular formula is C16H16N2O2. The second kappa shape index (κ2) is 5.04. The molecule has 1 fully saturated rings. The van der Waals surface area contributed by atoms with Crippen LogP contribution >= 0.6 is 0 Å². The summed E-state index contributed by atoms with van der Waals surface area (Å²) in [4.78, 5) is 27.9. The third-order valence-corrected chi connectivity index (χ3v) is 3.99. The van der Waals surface area contributed by atoms with Gasteiger partial charge in [-0.25, -0.2) is 0 Å². The summed E-state index contributed by atoms with van der Waals surface area (Å²) in [5, 5.41) is 3.47. The molecule has 3 rings (SSSR count). The van der Waals surface area contributed by atoms with E-state index in [-0.39, 0.29) is 23.7 Å². The SMILES string of the molecule is CCC1C(=O)NC(=O)CC1c1ccc2ncccc2c1. The van der Waals surface area contributed by atoms with Crippen LogP contribution in [0.4, 0.5) is 0 Å². The van der Waals surface area contributed by atoms with Crippen molar-refractivity contribution in [3.8, 4) is 0 Å². The molecule has 0 bridgehead atoms. The number of benzene rings is 1. The van der Waals surface area contributed by atoms with Crippen molar-refractivity contribution >= 4 is 22.7 Å². The van der Waals surface area contributed by atoms with Gasteiger partial charge in [-0.2, -0.15) is 0 Å². The topological polar surface area (TPSA) is 59.1 Å². The van der Waals surface area contributed by atoms with E-state index in [1.807, 2.05) is 37.3 Å². The maximum atomic E-state index is 11.9. The highest BCUT2D eigenvalue weighted by Crippen LogP contribution is 2.34. The Morgan fingerprint density at radius 2 is 2.15 bits per heavy atom. The summed E-state index contributed by atoms with van der Waals surface area (Å²) in [7, 11) is 0. The summed E-state index contributed by atoms with van der Waals surface area (Å²) in [6.07, 6.45) is 2.86. The van der Waals surface area contributed by atoms with E-state index in [0.29, 0.717) is 6.42 Å². The minimum absolute atomic E-state index is 0.0362. The molecule has 0 saturated carbocycles. The summed E-state index contributed by atoms with van der Waals surface area (Å²) in [5.41, 5.74) is 1.97. The molecule has 2 amide bonds. The number of piperidine rings is 1. The lowest BCUT2D eigenvalue weighted by molar-refractivity contribution is -0.137. The molecule has 20 heavy (non-hydrogen) atoms. The number of nitrogens with zero attached hydrogens (tertiary/aromatic N) is 1. The minimum atomic E-state index is -0.184. The van der Waals surface area contributed by atoms with Crippen molar-refractivity contribution < 1.29 is 9.59 Å². The van der Waals surface area contributed by atoms with Crippen molar-refractivity contribution in [2.75, 3.05) is 0 Å². The Balaban J connectivity index is 2.03. The van der Waals surface area contributed by atoms with Gasteiger partial charge in [0, 0.05) is 29.8 Å². The maximum Gasteiger partial charge on any atom is 0.230 e. The Bertz CT molecular complexity index is 681. The third kappa shape index (κ3) is 2.18. The summed E-state index contributed by atoms with van der Waals surface area (Å²) in [6.45, 7) is 1.98. The van der Waals surface area contributed by atoms with Crippen molar-refractivity contribution in [3.05, 3.63) is 42.1 Å². The summed E-state index contributed by atoms with van der Waals surface area (Å²) >= 11 is 0. The van der Waals surface area contributed by atoms with Gasteiger partial charge < -0.3 is 0 Å². The average Bonchev–Trinajstić information content (AvgIpc) is 2.46. The summed E-state index contributed by atoms with van der Waals surface area (Å²) in [6, 6.07) is 9.87. The zero-order valence-corrected chi connectivity index (χ0v) is 11.3. The fourth-order valence-corrected chi connectivity index (χ4v) is 2.95. The lowest BCUT2D eigenvalue weighted by atomic mass is 9.78. The molecule has 0 radical (unpaired) electrons. The normalized spacial score (nSPS) is 22.9. The van der Waals surface area contributed by atoms with Crippen molar-refractivity contribution in [2.45, 2.75) is 25.7 Å². The van der Waals surface area contributed by atoms with Crippen LogP contribution in [0.1, 0.15) is 31.2 Å². The van der Waals surface area contributed by atoms with Gasteiger partial charge in [0.15, 0.2) is 0 Å². The molecule has 2 unspecified atom stereocenters. The van der Waals surface area contributed by atoms with Crippen LogP contribution in [0, 0.1) is 5.92 Å². The molecule has 4 heteroatoms. The highest BCUT2D eigenvalue weighted by atomic mass is 16.2. The number of imide groups is 1. The van der Waals surface area contributed by atoms with Crippen LogP contribution in [-0.4, -0.2) is 16.8 Å². The van der Waals surface area contributed by atoms with Crippen molar-refractivity contribution in [1.82, 2.24) is 10.3 Å². The molecule has 0 spiro atoms. The number of rotatable bonds is 2. The fraction of sp³-hybridized carbons (Fsp3) is 0.312. The highest BCUT2D eigenvalue weighted by molar-refractivity contribution is 6.00. The molecule has 1 aliphatic heterocycles. The Hall–Kier alpha value is -2.23. The number of nitrogens with one attached hydrogen (secondary N) is 1. The number of carbonyl (C=O) groups is 2. The van der Waals surface area contributed by atoms with E-state index >= 15 is 0 Å². The Morgan fingerprint density at radius 3 is 2.95 bits per heavy atom. The molecular weight excluding hydrogens is 252 g/mol. The molecule has 2 heterocycles. The van der Waals surface area contributed by atoms with E-state index in [0.717, 1.165) is 22.9 Å². The Kier molecular flexibility index (Phi) is 3.22. The highest BCUT2D eigenvalue weighted by Gasteiger charge is 2.35. The monoisotopic (exact) mass is 268 g/mol. The Morgan fingerprint density at radius 1 is 1.30 bits per heavy atom. The predicted octanol–water partition coefficient (Wildman–Crippen LogP) is 2.39. The number of fused-ring (bicyclic) bond motifs is 1. The third-order valence-electron chi connectivity index (χ3n) is 3.99. The number of pyridine rings is 1. The number of hydrogen-bond donors (Lipinski definition) is 1. The standard InChI is InChI=1S/C16H16N2O2/c1-2-12-13(9-15(19)18-16(12)20)10-5-6-14-11(8-10)4-3-7-17-14/h3-8,12-13H,2,9H2,1H3,(H,18,19,20). The van der Waals surface area contributed by atoms with Gasteiger partial charge in [-0.1, -0.05) is 19.1 Å². The number of aromatic nitrogens is 1. The first kappa shape index (κ1) is 12.8. The molecule has 102 valence electrons. The van der Waals surface area contributed by atoms with Gasteiger partial charge in [0.1, 0.15) is 0 Å². The van der Waals surface area contributed by atoms with E-state index in [1.165, 1.54) is 0 Å². The molecule has 2 aromatic rings. The average molecular weight is 268 g/mol. The lowest BCUT2D eigenvalue weighted by Gasteiger charge is -2.29. The van der Waals surface area contributed by atoms with Crippen LogP contribution < -0.4 is 5.32 Å². The first-order valence-electron chi connectivity index (χ1n) is 6.87. The zero-order valence-electron chi connectivity index (χ0n) is 11.3. The van der Waals surface area contributed by atoms with Crippen molar-refractivity contribution in [3.63, 3.8) is 0 Å². The van der Waals surface area contributed by atoms with Crippen LogP contribution in [0.25, 0.3) is 10.9 Å². The fourth-order valence-electron chi connectivity index (χ4n) is 2.95. The molecule has 1 saturated heterocycles. The first-order chi connectivity index (χ1) is 9.69. The van der Waals surface area contributed by atoms with E-state index in [2.05, 4.69) is 10.3 Å². The van der Waals surface area contributed by atoms with Gasteiger partial charge in [-0.3, -0.25) is 19.9 Å². The quantitative estimate of drug-likeness (QED) is 0.851. The molecule has 4 nitrogen and oxygen atoms in total. The minimum Gasteiger partial charge on any atom is -0.296 e. The molecule has 0 aliphatic carbocycles. The van der Waals surface area contributed by atoms with Crippen molar-refractivity contribution in [2.24, 2.45) is 5.92 Å². The molecule has 1 aliphatic rings. The number of hydrogen-bond acceptors (Lipinski definition) is 3. The van der Waals surface area contributed by atoms with Crippen LogP contribution in [0.5, 0.6) is 0 Å². The van der Waals surface area contributed by atoms with E-state index in [9.17, 15) is 9.59 Å². The molecule has 1 aromatic heterocycles. The van der Waals surface area contributed by atoms with Gasteiger partial charge >= 0.3 is 0 Å². The van der Waals surface area contributed by atoms with E-state index in [1.54, 1.807) is 6.20 Å². The van der Waals surface area contributed by atoms with Crippen LogP contribution in [0.3, 0.4) is 0 Å². The maximum absolute atomic E-state index is 11.9. The van der Waals surface area contributed by atoms with Gasteiger partial charge in [0.2, 0.25) is 11.8 Å². The second-order valence-corrected chi connectivity index (χ2v) is 5.19. The molecule has 1 aromatic carbocycles. The number of carbonyl (C=O) groups excluding carboxylic acids is 2. The Labute approximate surface area is 117 Å². The van der Waals surface area contributed by atoms with Crippen molar-refractivity contribution in [1.29, 1.82) is 0 Å². The van der Waals surface area contributed by atoms with Crippen LogP contribution in [0.2, 0.25) is 0 Å². The molecule has 1 N–H and O–H groups in total. The summed E-state index contributed by atoms with van der Waals surface area (Å²) in [5.74, 6) is -0.510. The van der Waals surface area contributed by atoms with Gasteiger partial charge in [-0.05, 0) is 30.2 Å². The smallest absolute Gasteiger partial charge is 0.230 e. The van der Waals surface area contributed by atoms with Gasteiger partial charge in [0.05, 0.1) is 5.52 Å². The van der Waals surface area contributed by atoms with Crippen LogP contribution in [0.15, 0.2) is 36.5 Å². The molecule has 2 atom stereocenters. The van der Waals surface area contributed by atoms with Crippen LogP contribution in [-0.2, 0) is 9.59 Å². The van der Waals surface area contributed by atoms with Gasteiger partial charge in [0.25, 0.3) is 0 Å².